The Bertz CT molecular complexity index is 858. The van der Waals surface area contributed by atoms with Crippen molar-refractivity contribution in [3.05, 3.63) is 82.9 Å². The van der Waals surface area contributed by atoms with E-state index >= 15 is 0 Å². The summed E-state index contributed by atoms with van der Waals surface area (Å²) in [6, 6.07) is 20.8. The molecule has 0 atom stereocenters. The lowest BCUT2D eigenvalue weighted by Gasteiger charge is -2.01. The maximum Gasteiger partial charge on any atom is 0.271 e. The second-order valence-corrected chi connectivity index (χ2v) is 5.25. The zero-order chi connectivity index (χ0) is 15.4. The van der Waals surface area contributed by atoms with E-state index < -0.39 is 0 Å². The number of hydrogen-bond acceptors (Lipinski definition) is 2. The van der Waals surface area contributed by atoms with Crippen molar-refractivity contribution in [3.8, 4) is 0 Å². The number of rotatable bonds is 3. The Morgan fingerprint density at radius 1 is 0.955 bits per heavy atom. The lowest BCUT2D eigenvalue weighted by atomic mass is 10.1. The summed E-state index contributed by atoms with van der Waals surface area (Å²) in [5.74, 6) is -0.292. The zero-order valence-corrected chi connectivity index (χ0v) is 12.4. The van der Waals surface area contributed by atoms with Gasteiger partial charge in [0, 0.05) is 10.6 Å². The predicted molar refractivity (Wildman–Crippen MR) is 90.5 cm³/mol. The van der Waals surface area contributed by atoms with Crippen LogP contribution in [0.15, 0.2) is 71.8 Å². The molecule has 0 saturated carbocycles. The standard InChI is InChI=1S/C18H13ClN2O/c19-17-7-3-6-16(11-17)18(22)21-20-12-13-8-9-14-4-1-2-5-15(14)10-13/h1-12H,(H,21,22)/b20-12+. The van der Waals surface area contributed by atoms with Crippen LogP contribution in [0.25, 0.3) is 10.8 Å². The number of hydrazone groups is 1. The molecule has 22 heavy (non-hydrogen) atoms. The fourth-order valence-electron chi connectivity index (χ4n) is 2.15. The third-order valence-electron chi connectivity index (χ3n) is 3.24. The van der Waals surface area contributed by atoms with Gasteiger partial charge in [0.05, 0.1) is 6.21 Å². The predicted octanol–water partition coefficient (Wildman–Crippen LogP) is 4.26. The minimum atomic E-state index is -0.292. The summed E-state index contributed by atoms with van der Waals surface area (Å²) in [6.45, 7) is 0. The van der Waals surface area contributed by atoms with Crippen molar-refractivity contribution in [2.45, 2.75) is 0 Å². The van der Waals surface area contributed by atoms with Gasteiger partial charge in [0.1, 0.15) is 0 Å². The van der Waals surface area contributed by atoms with Crippen molar-refractivity contribution in [3.63, 3.8) is 0 Å². The third-order valence-corrected chi connectivity index (χ3v) is 3.48. The van der Waals surface area contributed by atoms with E-state index in [2.05, 4.69) is 16.6 Å². The van der Waals surface area contributed by atoms with E-state index in [1.54, 1.807) is 30.5 Å². The molecule has 1 N–H and O–H groups in total. The van der Waals surface area contributed by atoms with Gasteiger partial charge in [0.15, 0.2) is 0 Å². The number of amides is 1. The van der Waals surface area contributed by atoms with E-state index in [0.29, 0.717) is 10.6 Å². The minimum absolute atomic E-state index is 0.292. The minimum Gasteiger partial charge on any atom is -0.267 e. The zero-order valence-electron chi connectivity index (χ0n) is 11.7. The van der Waals surface area contributed by atoms with Crippen LogP contribution in [0.1, 0.15) is 15.9 Å². The Labute approximate surface area is 133 Å². The van der Waals surface area contributed by atoms with Crippen LogP contribution in [-0.4, -0.2) is 12.1 Å². The van der Waals surface area contributed by atoms with Gasteiger partial charge in [-0.1, -0.05) is 54.1 Å². The molecule has 3 rings (SSSR count). The molecule has 3 aromatic rings. The molecule has 0 spiro atoms. The third kappa shape index (κ3) is 3.32. The van der Waals surface area contributed by atoms with E-state index in [0.717, 1.165) is 10.9 Å². The van der Waals surface area contributed by atoms with Gasteiger partial charge < -0.3 is 0 Å². The van der Waals surface area contributed by atoms with Crippen LogP contribution < -0.4 is 5.43 Å². The largest absolute Gasteiger partial charge is 0.271 e. The molecular formula is C18H13ClN2O. The smallest absolute Gasteiger partial charge is 0.267 e. The molecule has 0 aliphatic heterocycles. The number of carbonyl (C=O) groups excluding carboxylic acids is 1. The first-order valence-corrected chi connectivity index (χ1v) is 7.18. The molecule has 1 amide bonds. The maximum atomic E-state index is 11.9. The number of hydrogen-bond donors (Lipinski definition) is 1. The van der Waals surface area contributed by atoms with Crippen molar-refractivity contribution in [2.24, 2.45) is 5.10 Å². The molecule has 4 heteroatoms. The average Bonchev–Trinajstić information content (AvgIpc) is 2.54. The number of fused-ring (bicyclic) bond motifs is 1. The van der Waals surface area contributed by atoms with Crippen LogP contribution in [0, 0.1) is 0 Å². The molecule has 3 aromatic carbocycles. The Morgan fingerprint density at radius 3 is 2.59 bits per heavy atom. The van der Waals surface area contributed by atoms with Gasteiger partial charge in [-0.15, -0.1) is 0 Å². The highest BCUT2D eigenvalue weighted by atomic mass is 35.5. The Kier molecular flexibility index (Phi) is 4.17. The van der Waals surface area contributed by atoms with E-state index in [-0.39, 0.29) is 5.91 Å². The highest BCUT2D eigenvalue weighted by Gasteiger charge is 2.03. The summed E-state index contributed by atoms with van der Waals surface area (Å²) >= 11 is 5.86. The summed E-state index contributed by atoms with van der Waals surface area (Å²) in [5.41, 5.74) is 3.89. The molecule has 0 aliphatic rings. The van der Waals surface area contributed by atoms with Crippen LogP contribution in [0.4, 0.5) is 0 Å². The molecule has 0 unspecified atom stereocenters. The fraction of sp³-hybridized carbons (Fsp3) is 0. The van der Waals surface area contributed by atoms with Gasteiger partial charge in [-0.05, 0) is 40.6 Å². The van der Waals surface area contributed by atoms with Crippen LogP contribution in [0.2, 0.25) is 5.02 Å². The van der Waals surface area contributed by atoms with E-state index in [9.17, 15) is 4.79 Å². The molecule has 0 aliphatic carbocycles. The normalized spacial score (nSPS) is 11.0. The van der Waals surface area contributed by atoms with Gasteiger partial charge in [0.2, 0.25) is 0 Å². The fourth-order valence-corrected chi connectivity index (χ4v) is 2.34. The molecule has 0 saturated heterocycles. The maximum absolute atomic E-state index is 11.9. The molecule has 0 heterocycles. The van der Waals surface area contributed by atoms with Gasteiger partial charge in [-0.2, -0.15) is 5.10 Å². The van der Waals surface area contributed by atoms with Gasteiger partial charge >= 0.3 is 0 Å². The first-order valence-electron chi connectivity index (χ1n) is 6.80. The quantitative estimate of drug-likeness (QED) is 0.570. The van der Waals surface area contributed by atoms with Gasteiger partial charge in [-0.25, -0.2) is 5.43 Å². The van der Waals surface area contributed by atoms with Gasteiger partial charge in [-0.3, -0.25) is 4.79 Å². The lowest BCUT2D eigenvalue weighted by Crippen LogP contribution is -2.17. The number of benzene rings is 3. The Hall–Kier alpha value is -2.65. The highest BCUT2D eigenvalue weighted by molar-refractivity contribution is 6.30. The van der Waals surface area contributed by atoms with Crippen LogP contribution in [0.3, 0.4) is 0 Å². The monoisotopic (exact) mass is 308 g/mol. The molecular weight excluding hydrogens is 296 g/mol. The first kappa shape index (κ1) is 14.3. The molecule has 0 bridgehead atoms. The first-order chi connectivity index (χ1) is 10.7. The van der Waals surface area contributed by atoms with Gasteiger partial charge in [0.25, 0.3) is 5.91 Å². The van der Waals surface area contributed by atoms with E-state index in [1.807, 2.05) is 36.4 Å². The molecule has 0 fully saturated rings. The van der Waals surface area contributed by atoms with Crippen molar-refractivity contribution in [1.29, 1.82) is 0 Å². The van der Waals surface area contributed by atoms with Crippen LogP contribution in [-0.2, 0) is 0 Å². The summed E-state index contributed by atoms with van der Waals surface area (Å²) in [5, 5.41) is 6.81. The summed E-state index contributed by atoms with van der Waals surface area (Å²) in [6.07, 6.45) is 1.62. The van der Waals surface area contributed by atoms with E-state index in [4.69, 9.17) is 11.6 Å². The second kappa shape index (κ2) is 6.41. The van der Waals surface area contributed by atoms with Crippen LogP contribution >= 0.6 is 11.6 Å². The number of nitrogens with one attached hydrogen (secondary N) is 1. The molecule has 3 nitrogen and oxygen atoms in total. The highest BCUT2D eigenvalue weighted by Crippen LogP contribution is 2.14. The number of carbonyl (C=O) groups is 1. The van der Waals surface area contributed by atoms with Crippen molar-refractivity contribution in [1.82, 2.24) is 5.43 Å². The topological polar surface area (TPSA) is 41.5 Å². The van der Waals surface area contributed by atoms with Crippen molar-refractivity contribution in [2.75, 3.05) is 0 Å². The summed E-state index contributed by atoms with van der Waals surface area (Å²) in [7, 11) is 0. The number of halogens is 1. The Morgan fingerprint density at radius 2 is 1.77 bits per heavy atom. The van der Waals surface area contributed by atoms with E-state index in [1.165, 1.54) is 5.39 Å². The number of nitrogens with zero attached hydrogens (tertiary/aromatic N) is 1. The summed E-state index contributed by atoms with van der Waals surface area (Å²) < 4.78 is 0. The van der Waals surface area contributed by atoms with Crippen molar-refractivity contribution < 1.29 is 4.79 Å². The summed E-state index contributed by atoms with van der Waals surface area (Å²) in [4.78, 5) is 11.9. The average molecular weight is 309 g/mol. The van der Waals surface area contributed by atoms with Crippen LogP contribution in [0.5, 0.6) is 0 Å². The lowest BCUT2D eigenvalue weighted by molar-refractivity contribution is 0.0955. The van der Waals surface area contributed by atoms with Crippen molar-refractivity contribution >= 4 is 34.5 Å². The second-order valence-electron chi connectivity index (χ2n) is 4.82. The molecule has 0 radical (unpaired) electrons. The SMILES string of the molecule is O=C(N/N=C/c1ccc2ccccc2c1)c1cccc(Cl)c1. The Balaban J connectivity index is 1.72. The molecule has 0 aromatic heterocycles. The molecule has 108 valence electrons.